The Morgan fingerprint density at radius 2 is 1.30 bits per heavy atom. The van der Waals surface area contributed by atoms with E-state index in [0.29, 0.717) is 17.9 Å². The maximum Gasteiger partial charge on any atom is 0.272 e. The van der Waals surface area contributed by atoms with E-state index in [0.717, 1.165) is 24.2 Å². The summed E-state index contributed by atoms with van der Waals surface area (Å²) in [4.78, 5) is 25.3. The average Bonchev–Trinajstić information content (AvgIpc) is 3.54. The van der Waals surface area contributed by atoms with Crippen LogP contribution in [-0.2, 0) is 0 Å². The van der Waals surface area contributed by atoms with E-state index in [9.17, 15) is 9.59 Å². The second-order valence-electron chi connectivity index (χ2n) is 7.63. The second-order valence-corrected chi connectivity index (χ2v) is 7.63. The molecule has 2 amide bonds. The molecule has 1 atom stereocenters. The summed E-state index contributed by atoms with van der Waals surface area (Å²) in [5, 5.41) is 14.6. The summed E-state index contributed by atoms with van der Waals surface area (Å²) >= 11 is 0. The van der Waals surface area contributed by atoms with Crippen molar-refractivity contribution >= 4 is 11.8 Å². The number of nitrogens with one attached hydrogen (secondary N) is 2. The molecule has 4 rings (SSSR count). The fraction of sp³-hybridized carbons (Fsp3) is 0.200. The third-order valence-corrected chi connectivity index (χ3v) is 5.17. The molecule has 4 aromatic rings. The largest absolute Gasteiger partial charge is 0.349 e. The van der Waals surface area contributed by atoms with E-state index in [-0.39, 0.29) is 17.9 Å². The lowest BCUT2D eigenvalue weighted by Gasteiger charge is -2.18. The fourth-order valence-electron chi connectivity index (χ4n) is 3.48. The third-order valence-electron chi connectivity index (χ3n) is 5.17. The minimum Gasteiger partial charge on any atom is -0.349 e. The Kier molecular flexibility index (Phi) is 6.94. The van der Waals surface area contributed by atoms with E-state index in [1.54, 1.807) is 33.9 Å². The van der Waals surface area contributed by atoms with Crippen molar-refractivity contribution in [2.45, 2.75) is 25.8 Å². The maximum absolute atomic E-state index is 12.7. The molecule has 1 unspecified atom stereocenters. The van der Waals surface area contributed by atoms with Crippen molar-refractivity contribution in [3.05, 3.63) is 96.6 Å². The molecule has 8 nitrogen and oxygen atoms in total. The zero-order valence-electron chi connectivity index (χ0n) is 18.4. The number of rotatable bonds is 9. The molecule has 2 heterocycles. The molecule has 33 heavy (non-hydrogen) atoms. The van der Waals surface area contributed by atoms with E-state index in [1.807, 2.05) is 67.6 Å². The summed E-state index contributed by atoms with van der Waals surface area (Å²) in [5.41, 5.74) is 2.40. The first-order valence-corrected chi connectivity index (χ1v) is 11.0. The molecule has 0 spiro atoms. The average molecular weight is 443 g/mol. The van der Waals surface area contributed by atoms with Gasteiger partial charge in [-0.1, -0.05) is 49.7 Å². The van der Waals surface area contributed by atoms with Crippen LogP contribution in [0.1, 0.15) is 40.7 Å². The predicted octanol–water partition coefficient (Wildman–Crippen LogP) is 3.39. The van der Waals surface area contributed by atoms with Gasteiger partial charge in [0.05, 0.1) is 11.4 Å². The number of carbonyl (C=O) groups excluding carboxylic acids is 2. The number of benzene rings is 2. The molecule has 2 aromatic heterocycles. The zero-order chi connectivity index (χ0) is 23.0. The molecule has 0 aliphatic carbocycles. The Labute approximate surface area is 192 Å². The number of hydrogen-bond donors (Lipinski definition) is 2. The van der Waals surface area contributed by atoms with Crippen LogP contribution in [0.4, 0.5) is 0 Å². The number of amides is 2. The number of aromatic nitrogens is 4. The van der Waals surface area contributed by atoms with Gasteiger partial charge < -0.3 is 10.6 Å². The van der Waals surface area contributed by atoms with Crippen molar-refractivity contribution in [3.63, 3.8) is 0 Å². The molecular formula is C25H26N6O2. The van der Waals surface area contributed by atoms with Crippen LogP contribution < -0.4 is 10.6 Å². The van der Waals surface area contributed by atoms with Gasteiger partial charge in [-0.15, -0.1) is 0 Å². The van der Waals surface area contributed by atoms with Crippen molar-refractivity contribution in [2.24, 2.45) is 0 Å². The fourth-order valence-corrected chi connectivity index (χ4v) is 3.48. The van der Waals surface area contributed by atoms with E-state index < -0.39 is 0 Å². The second kappa shape index (κ2) is 10.4. The van der Waals surface area contributed by atoms with Crippen LogP contribution in [0, 0.1) is 0 Å². The molecule has 8 heteroatoms. The molecule has 0 saturated carbocycles. The summed E-state index contributed by atoms with van der Waals surface area (Å²) in [7, 11) is 0. The monoisotopic (exact) mass is 442 g/mol. The van der Waals surface area contributed by atoms with Gasteiger partial charge >= 0.3 is 0 Å². The Morgan fingerprint density at radius 3 is 1.82 bits per heavy atom. The third kappa shape index (κ3) is 5.54. The summed E-state index contributed by atoms with van der Waals surface area (Å²) in [6.45, 7) is 2.34. The number of para-hydroxylation sites is 2. The smallest absolute Gasteiger partial charge is 0.272 e. The predicted molar refractivity (Wildman–Crippen MR) is 126 cm³/mol. The molecule has 0 aliphatic heterocycles. The molecule has 168 valence electrons. The van der Waals surface area contributed by atoms with Crippen LogP contribution in [0.3, 0.4) is 0 Å². The van der Waals surface area contributed by atoms with Crippen LogP contribution >= 0.6 is 0 Å². The van der Waals surface area contributed by atoms with Gasteiger partial charge in [0.1, 0.15) is 0 Å². The quantitative estimate of drug-likeness (QED) is 0.416. The molecule has 0 fully saturated rings. The lowest BCUT2D eigenvalue weighted by Crippen LogP contribution is -2.43. The topological polar surface area (TPSA) is 93.8 Å². The molecule has 0 bridgehead atoms. The van der Waals surface area contributed by atoms with Crippen LogP contribution in [0.25, 0.3) is 11.4 Å². The molecular weight excluding hydrogens is 416 g/mol. The Balaban J connectivity index is 1.35. The normalized spacial score (nSPS) is 11.7. The van der Waals surface area contributed by atoms with E-state index in [1.165, 1.54) is 0 Å². The molecule has 0 radical (unpaired) electrons. The first-order valence-electron chi connectivity index (χ1n) is 11.0. The van der Waals surface area contributed by atoms with Gasteiger partial charge in [0.25, 0.3) is 11.8 Å². The Morgan fingerprint density at radius 1 is 0.788 bits per heavy atom. The zero-order valence-corrected chi connectivity index (χ0v) is 18.4. The van der Waals surface area contributed by atoms with Crippen molar-refractivity contribution in [3.8, 4) is 11.4 Å². The van der Waals surface area contributed by atoms with E-state index >= 15 is 0 Å². The van der Waals surface area contributed by atoms with Gasteiger partial charge in [-0.2, -0.15) is 10.2 Å². The first-order chi connectivity index (χ1) is 16.1. The standard InChI is InChI=1S/C25H26N6O2/c1-2-9-19(27-25(33)23-15-17-31(29-23)21-12-7-4-8-13-21)18-26-24(32)22-14-16-30(28-22)20-10-5-3-6-11-20/h3-8,10-17,19H,2,9,18H2,1H3,(H,26,32)(H,27,33). The van der Waals surface area contributed by atoms with Crippen LogP contribution in [0.15, 0.2) is 85.2 Å². The highest BCUT2D eigenvalue weighted by atomic mass is 16.2. The maximum atomic E-state index is 12.7. The minimum atomic E-state index is -0.284. The van der Waals surface area contributed by atoms with Gasteiger partial charge in [-0.3, -0.25) is 9.59 Å². The van der Waals surface area contributed by atoms with Crippen molar-refractivity contribution in [2.75, 3.05) is 6.54 Å². The molecule has 2 N–H and O–H groups in total. The van der Waals surface area contributed by atoms with Crippen LogP contribution in [0.5, 0.6) is 0 Å². The van der Waals surface area contributed by atoms with Gasteiger partial charge in [-0.25, -0.2) is 9.36 Å². The SMILES string of the molecule is CCCC(CNC(=O)c1ccn(-c2ccccc2)n1)NC(=O)c1ccn(-c2ccccc2)n1. The lowest BCUT2D eigenvalue weighted by molar-refractivity contribution is 0.0901. The van der Waals surface area contributed by atoms with Gasteiger partial charge in [0.2, 0.25) is 0 Å². The van der Waals surface area contributed by atoms with Crippen LogP contribution in [0.2, 0.25) is 0 Å². The lowest BCUT2D eigenvalue weighted by atomic mass is 10.1. The summed E-state index contributed by atoms with van der Waals surface area (Å²) in [6.07, 6.45) is 5.09. The van der Waals surface area contributed by atoms with E-state index in [2.05, 4.69) is 20.8 Å². The number of hydrogen-bond acceptors (Lipinski definition) is 4. The van der Waals surface area contributed by atoms with Crippen molar-refractivity contribution < 1.29 is 9.59 Å². The van der Waals surface area contributed by atoms with E-state index in [4.69, 9.17) is 0 Å². The number of carbonyl (C=O) groups is 2. The Bertz CT molecular complexity index is 1200. The summed E-state index contributed by atoms with van der Waals surface area (Å²) < 4.78 is 3.32. The summed E-state index contributed by atoms with van der Waals surface area (Å²) in [6, 6.07) is 22.3. The van der Waals surface area contributed by atoms with Crippen LogP contribution in [-0.4, -0.2) is 44.0 Å². The molecule has 0 saturated heterocycles. The Hall–Kier alpha value is -4.20. The minimum absolute atomic E-state index is 0.218. The summed E-state index contributed by atoms with van der Waals surface area (Å²) in [5.74, 6) is -0.556. The van der Waals surface area contributed by atoms with Gasteiger partial charge in [0.15, 0.2) is 11.4 Å². The number of nitrogens with zero attached hydrogens (tertiary/aromatic N) is 4. The highest BCUT2D eigenvalue weighted by Crippen LogP contribution is 2.09. The first kappa shape index (κ1) is 22.0. The highest BCUT2D eigenvalue weighted by molar-refractivity contribution is 5.93. The van der Waals surface area contributed by atoms with Crippen molar-refractivity contribution in [1.82, 2.24) is 30.2 Å². The van der Waals surface area contributed by atoms with Gasteiger partial charge in [-0.05, 0) is 42.8 Å². The molecule has 0 aliphatic rings. The highest BCUT2D eigenvalue weighted by Gasteiger charge is 2.18. The van der Waals surface area contributed by atoms with Gasteiger partial charge in [0, 0.05) is 25.0 Å². The van der Waals surface area contributed by atoms with Crippen molar-refractivity contribution in [1.29, 1.82) is 0 Å². The molecule has 2 aromatic carbocycles.